The minimum absolute atomic E-state index is 0.0517. The fourth-order valence-electron chi connectivity index (χ4n) is 2.68. The normalized spacial score (nSPS) is 11.4. The van der Waals surface area contributed by atoms with Gasteiger partial charge in [0.25, 0.3) is 0 Å². The second-order valence-electron chi connectivity index (χ2n) is 6.79. The summed E-state index contributed by atoms with van der Waals surface area (Å²) in [5, 5.41) is 5.22. The van der Waals surface area contributed by atoms with Crippen molar-refractivity contribution in [1.29, 1.82) is 0 Å². The van der Waals surface area contributed by atoms with E-state index in [-0.39, 0.29) is 23.9 Å². The van der Waals surface area contributed by atoms with Crippen molar-refractivity contribution in [2.75, 3.05) is 6.54 Å². The average Bonchev–Trinajstić information content (AvgIpc) is 3.34. The Bertz CT molecular complexity index is 1160. The van der Waals surface area contributed by atoms with E-state index in [1.54, 1.807) is 24.3 Å². The molecular formula is C23H23N3O5S. The van der Waals surface area contributed by atoms with Gasteiger partial charge in [-0.15, -0.1) is 0 Å². The molecule has 1 aromatic heterocycles. The summed E-state index contributed by atoms with van der Waals surface area (Å²) in [6.07, 6.45) is 4.28. The zero-order valence-corrected chi connectivity index (χ0v) is 18.0. The van der Waals surface area contributed by atoms with Crippen LogP contribution >= 0.6 is 0 Å². The second-order valence-corrected chi connectivity index (χ2v) is 8.55. The lowest BCUT2D eigenvalue weighted by atomic mass is 10.2. The van der Waals surface area contributed by atoms with Gasteiger partial charge in [-0.25, -0.2) is 13.1 Å². The van der Waals surface area contributed by atoms with E-state index in [1.807, 2.05) is 30.3 Å². The SMILES string of the molecule is O=C(/C=C/c1ccc(S(=O)(=O)NCc2ccco2)cc1)NCC(=O)NCc1ccccc1. The van der Waals surface area contributed by atoms with Crippen molar-refractivity contribution in [1.82, 2.24) is 15.4 Å². The van der Waals surface area contributed by atoms with Gasteiger partial charge >= 0.3 is 0 Å². The molecule has 32 heavy (non-hydrogen) atoms. The van der Waals surface area contributed by atoms with E-state index in [0.717, 1.165) is 5.56 Å². The first-order chi connectivity index (χ1) is 15.4. The summed E-state index contributed by atoms with van der Waals surface area (Å²) in [5.41, 5.74) is 1.60. The van der Waals surface area contributed by atoms with Gasteiger partial charge in [0.05, 0.1) is 24.2 Å². The number of benzene rings is 2. The molecule has 0 saturated carbocycles. The Morgan fingerprint density at radius 1 is 0.875 bits per heavy atom. The van der Waals surface area contributed by atoms with Crippen molar-refractivity contribution in [2.24, 2.45) is 0 Å². The second kappa shape index (κ2) is 11.1. The van der Waals surface area contributed by atoms with Crippen molar-refractivity contribution in [2.45, 2.75) is 18.0 Å². The topological polar surface area (TPSA) is 118 Å². The van der Waals surface area contributed by atoms with Crippen LogP contribution in [0.15, 0.2) is 88.4 Å². The molecule has 3 N–H and O–H groups in total. The van der Waals surface area contributed by atoms with Crippen LogP contribution in [-0.2, 0) is 32.7 Å². The zero-order valence-electron chi connectivity index (χ0n) is 17.2. The quantitative estimate of drug-likeness (QED) is 0.407. The van der Waals surface area contributed by atoms with E-state index >= 15 is 0 Å². The predicted molar refractivity (Wildman–Crippen MR) is 120 cm³/mol. The van der Waals surface area contributed by atoms with Gasteiger partial charge in [-0.3, -0.25) is 9.59 Å². The molecule has 0 bridgehead atoms. The largest absolute Gasteiger partial charge is 0.468 e. The molecule has 0 fully saturated rings. The van der Waals surface area contributed by atoms with Gasteiger partial charge in [-0.05, 0) is 41.5 Å². The molecule has 3 rings (SSSR count). The first kappa shape index (κ1) is 23.0. The molecule has 0 atom stereocenters. The van der Waals surface area contributed by atoms with Crippen molar-refractivity contribution >= 4 is 27.9 Å². The maximum atomic E-state index is 12.3. The highest BCUT2D eigenvalue weighted by Crippen LogP contribution is 2.12. The minimum atomic E-state index is -3.69. The number of furan rings is 1. The number of sulfonamides is 1. The smallest absolute Gasteiger partial charge is 0.244 e. The highest BCUT2D eigenvalue weighted by molar-refractivity contribution is 7.89. The van der Waals surface area contributed by atoms with Crippen LogP contribution in [0.25, 0.3) is 6.08 Å². The average molecular weight is 454 g/mol. The monoisotopic (exact) mass is 453 g/mol. The standard InChI is InChI=1S/C23H23N3O5S/c27-22(25-17-23(28)24-15-19-5-2-1-3-6-19)13-10-18-8-11-21(12-9-18)32(29,30)26-16-20-7-4-14-31-20/h1-14,26H,15-17H2,(H,24,28)(H,25,27)/b13-10+. The lowest BCUT2D eigenvalue weighted by Gasteiger charge is -2.06. The molecule has 0 spiro atoms. The Morgan fingerprint density at radius 2 is 1.62 bits per heavy atom. The van der Waals surface area contributed by atoms with Crippen LogP contribution in [0.5, 0.6) is 0 Å². The number of carbonyl (C=O) groups is 2. The number of rotatable bonds is 10. The maximum Gasteiger partial charge on any atom is 0.244 e. The molecule has 0 aliphatic carbocycles. The molecule has 0 saturated heterocycles. The van der Waals surface area contributed by atoms with Gasteiger partial charge in [0, 0.05) is 12.6 Å². The molecule has 166 valence electrons. The van der Waals surface area contributed by atoms with Crippen LogP contribution in [0.2, 0.25) is 0 Å². The van der Waals surface area contributed by atoms with Gasteiger partial charge < -0.3 is 15.1 Å². The van der Waals surface area contributed by atoms with Crippen molar-refractivity contribution < 1.29 is 22.4 Å². The van der Waals surface area contributed by atoms with E-state index in [9.17, 15) is 18.0 Å². The van der Waals surface area contributed by atoms with Gasteiger partial charge in [0.2, 0.25) is 21.8 Å². The van der Waals surface area contributed by atoms with E-state index < -0.39 is 15.9 Å². The molecule has 3 aromatic rings. The van der Waals surface area contributed by atoms with Crippen molar-refractivity contribution in [3.8, 4) is 0 Å². The highest BCUT2D eigenvalue weighted by Gasteiger charge is 2.14. The summed E-state index contributed by atoms with van der Waals surface area (Å²) < 4.78 is 32.2. The lowest BCUT2D eigenvalue weighted by molar-refractivity contribution is -0.124. The Morgan fingerprint density at radius 3 is 2.31 bits per heavy atom. The summed E-state index contributed by atoms with van der Waals surface area (Å²) in [6, 6.07) is 18.9. The van der Waals surface area contributed by atoms with Crippen LogP contribution in [-0.4, -0.2) is 26.8 Å². The van der Waals surface area contributed by atoms with Gasteiger partial charge in [-0.1, -0.05) is 42.5 Å². The molecule has 0 unspecified atom stereocenters. The molecular weight excluding hydrogens is 430 g/mol. The summed E-state index contributed by atoms with van der Waals surface area (Å²) in [6.45, 7) is 0.293. The molecule has 8 nitrogen and oxygen atoms in total. The molecule has 0 aliphatic rings. The summed E-state index contributed by atoms with van der Waals surface area (Å²) in [7, 11) is -3.69. The Hall–Kier alpha value is -3.69. The predicted octanol–water partition coefficient (Wildman–Crippen LogP) is 2.20. The third-order valence-corrected chi connectivity index (χ3v) is 5.81. The van der Waals surface area contributed by atoms with Gasteiger partial charge in [0.15, 0.2) is 0 Å². The summed E-state index contributed by atoms with van der Waals surface area (Å²) in [5.74, 6) is -0.225. The lowest BCUT2D eigenvalue weighted by Crippen LogP contribution is -2.35. The van der Waals surface area contributed by atoms with E-state index in [0.29, 0.717) is 17.9 Å². The highest BCUT2D eigenvalue weighted by atomic mass is 32.2. The van der Waals surface area contributed by atoms with Crippen molar-refractivity contribution in [3.63, 3.8) is 0 Å². The van der Waals surface area contributed by atoms with Crippen LogP contribution in [0.4, 0.5) is 0 Å². The van der Waals surface area contributed by atoms with Gasteiger partial charge in [0.1, 0.15) is 5.76 Å². The molecule has 2 aromatic carbocycles. The number of hydrogen-bond acceptors (Lipinski definition) is 5. The Labute approximate surface area is 186 Å². The third-order valence-electron chi connectivity index (χ3n) is 4.39. The fraction of sp³-hybridized carbons (Fsp3) is 0.130. The number of nitrogens with one attached hydrogen (secondary N) is 3. The molecule has 0 aliphatic heterocycles. The fourth-order valence-corrected chi connectivity index (χ4v) is 3.67. The van der Waals surface area contributed by atoms with E-state index in [4.69, 9.17) is 4.42 Å². The van der Waals surface area contributed by atoms with Crippen LogP contribution in [0.1, 0.15) is 16.9 Å². The van der Waals surface area contributed by atoms with E-state index in [1.165, 1.54) is 30.5 Å². The molecule has 1 heterocycles. The van der Waals surface area contributed by atoms with Gasteiger partial charge in [-0.2, -0.15) is 0 Å². The van der Waals surface area contributed by atoms with Crippen LogP contribution in [0, 0.1) is 0 Å². The minimum Gasteiger partial charge on any atom is -0.468 e. The third kappa shape index (κ3) is 7.22. The first-order valence-electron chi connectivity index (χ1n) is 9.81. The van der Waals surface area contributed by atoms with Crippen LogP contribution in [0.3, 0.4) is 0 Å². The Balaban J connectivity index is 1.44. The molecule has 0 radical (unpaired) electrons. The number of carbonyl (C=O) groups excluding carboxylic acids is 2. The summed E-state index contributed by atoms with van der Waals surface area (Å²) in [4.78, 5) is 23.9. The first-order valence-corrected chi connectivity index (χ1v) is 11.3. The summed E-state index contributed by atoms with van der Waals surface area (Å²) >= 11 is 0. The number of amides is 2. The van der Waals surface area contributed by atoms with Crippen molar-refractivity contribution in [3.05, 3.63) is 96.0 Å². The zero-order chi connectivity index (χ0) is 22.8. The maximum absolute atomic E-state index is 12.3. The number of hydrogen-bond donors (Lipinski definition) is 3. The van der Waals surface area contributed by atoms with Crippen LogP contribution < -0.4 is 15.4 Å². The Kier molecular flexibility index (Phi) is 7.96. The van der Waals surface area contributed by atoms with E-state index in [2.05, 4.69) is 15.4 Å². The molecule has 2 amide bonds. The molecule has 9 heteroatoms.